The summed E-state index contributed by atoms with van der Waals surface area (Å²) in [5.41, 5.74) is 2.46. The average molecular weight is 324 g/mol. The van der Waals surface area contributed by atoms with E-state index in [2.05, 4.69) is 45.0 Å². The van der Waals surface area contributed by atoms with E-state index in [9.17, 15) is 0 Å². The maximum Gasteiger partial charge on any atom is 0.466 e. The van der Waals surface area contributed by atoms with Gasteiger partial charge in [-0.05, 0) is 42.2 Å². The van der Waals surface area contributed by atoms with Crippen molar-refractivity contribution in [1.82, 2.24) is 0 Å². The molecule has 0 saturated heterocycles. The SMILES string of the molecule is Cc1cccc(Oc2ccccc2C(C)C)c1.O=P(O)(O)O. The Hall–Kier alpha value is -1.65. The third-order valence-electron chi connectivity index (χ3n) is 2.76. The molecule has 0 aromatic heterocycles. The van der Waals surface area contributed by atoms with Crippen LogP contribution in [0.3, 0.4) is 0 Å². The van der Waals surface area contributed by atoms with Crippen molar-refractivity contribution in [3.8, 4) is 11.5 Å². The van der Waals surface area contributed by atoms with Crippen molar-refractivity contribution in [3.63, 3.8) is 0 Å². The van der Waals surface area contributed by atoms with Gasteiger partial charge in [0, 0.05) is 0 Å². The summed E-state index contributed by atoms with van der Waals surface area (Å²) in [5, 5.41) is 0. The summed E-state index contributed by atoms with van der Waals surface area (Å²) < 4.78 is 14.8. The molecular weight excluding hydrogens is 303 g/mol. The van der Waals surface area contributed by atoms with Crippen LogP contribution < -0.4 is 4.74 Å². The molecule has 2 aromatic rings. The minimum atomic E-state index is -4.64. The molecule has 0 spiro atoms. The predicted octanol–water partition coefficient (Wildman–Crippen LogP) is 3.98. The van der Waals surface area contributed by atoms with Crippen molar-refractivity contribution in [3.05, 3.63) is 59.7 Å². The van der Waals surface area contributed by atoms with E-state index >= 15 is 0 Å². The third-order valence-corrected chi connectivity index (χ3v) is 2.76. The Morgan fingerprint density at radius 1 is 1.00 bits per heavy atom. The summed E-state index contributed by atoms with van der Waals surface area (Å²) in [7, 11) is -4.64. The molecule has 0 unspecified atom stereocenters. The first kappa shape index (κ1) is 18.4. The number of ether oxygens (including phenoxy) is 1. The van der Waals surface area contributed by atoms with E-state index in [-0.39, 0.29) is 0 Å². The molecule has 120 valence electrons. The van der Waals surface area contributed by atoms with Gasteiger partial charge in [0.2, 0.25) is 0 Å². The predicted molar refractivity (Wildman–Crippen MR) is 86.0 cm³/mol. The van der Waals surface area contributed by atoms with Crippen LogP contribution in [0, 0.1) is 6.92 Å². The number of phosphoric acid groups is 1. The molecule has 0 atom stereocenters. The van der Waals surface area contributed by atoms with Gasteiger partial charge in [0.05, 0.1) is 0 Å². The molecular formula is C16H21O5P. The highest BCUT2D eigenvalue weighted by atomic mass is 31.2. The maximum atomic E-state index is 8.88. The van der Waals surface area contributed by atoms with Crippen LogP contribution in [-0.4, -0.2) is 14.7 Å². The number of aryl methyl sites for hydroxylation is 1. The van der Waals surface area contributed by atoms with Crippen LogP contribution in [0.5, 0.6) is 11.5 Å². The topological polar surface area (TPSA) is 87.0 Å². The fraction of sp³-hybridized carbons (Fsp3) is 0.250. The largest absolute Gasteiger partial charge is 0.466 e. The lowest BCUT2D eigenvalue weighted by Crippen LogP contribution is -1.93. The van der Waals surface area contributed by atoms with Crippen LogP contribution in [0.25, 0.3) is 0 Å². The van der Waals surface area contributed by atoms with Gasteiger partial charge in [0.25, 0.3) is 0 Å². The van der Waals surface area contributed by atoms with Crippen LogP contribution in [0.4, 0.5) is 0 Å². The Morgan fingerprint density at radius 3 is 2.14 bits per heavy atom. The van der Waals surface area contributed by atoms with Crippen molar-refractivity contribution in [2.24, 2.45) is 0 Å². The van der Waals surface area contributed by atoms with E-state index in [1.165, 1.54) is 11.1 Å². The quantitative estimate of drug-likeness (QED) is 0.743. The molecule has 3 N–H and O–H groups in total. The van der Waals surface area contributed by atoms with E-state index in [0.29, 0.717) is 5.92 Å². The Labute approximate surface area is 130 Å². The van der Waals surface area contributed by atoms with E-state index in [4.69, 9.17) is 24.0 Å². The normalized spacial score (nSPS) is 10.9. The first-order valence-corrected chi connectivity index (χ1v) is 8.35. The van der Waals surface area contributed by atoms with Crippen LogP contribution >= 0.6 is 7.82 Å². The smallest absolute Gasteiger partial charge is 0.457 e. The zero-order valence-corrected chi connectivity index (χ0v) is 13.7. The molecule has 0 fully saturated rings. The molecule has 0 radical (unpaired) electrons. The molecule has 0 amide bonds. The second-order valence-electron chi connectivity index (χ2n) is 5.12. The summed E-state index contributed by atoms with van der Waals surface area (Å²) in [5.74, 6) is 2.32. The second-order valence-corrected chi connectivity index (χ2v) is 6.15. The Bertz CT molecular complexity index is 640. The first-order valence-electron chi connectivity index (χ1n) is 6.78. The van der Waals surface area contributed by atoms with Crippen LogP contribution in [0.2, 0.25) is 0 Å². The molecule has 0 heterocycles. The molecule has 6 heteroatoms. The number of hydrogen-bond acceptors (Lipinski definition) is 2. The molecule has 0 aliphatic heterocycles. The zero-order valence-electron chi connectivity index (χ0n) is 12.8. The molecule has 0 aliphatic rings. The minimum absolute atomic E-state index is 0.469. The number of benzene rings is 2. The second kappa shape index (κ2) is 8.11. The van der Waals surface area contributed by atoms with Crippen LogP contribution in [0.1, 0.15) is 30.9 Å². The van der Waals surface area contributed by atoms with Crippen molar-refractivity contribution >= 4 is 7.82 Å². The number of hydrogen-bond donors (Lipinski definition) is 3. The van der Waals surface area contributed by atoms with Gasteiger partial charge in [-0.1, -0.05) is 44.2 Å². The number of para-hydroxylation sites is 1. The van der Waals surface area contributed by atoms with E-state index in [1.54, 1.807) is 0 Å². The average Bonchev–Trinajstić information content (AvgIpc) is 2.37. The summed E-state index contributed by atoms with van der Waals surface area (Å²) in [6.07, 6.45) is 0. The van der Waals surface area contributed by atoms with Crippen LogP contribution in [0.15, 0.2) is 48.5 Å². The Kier molecular flexibility index (Phi) is 6.78. The van der Waals surface area contributed by atoms with Gasteiger partial charge in [-0.3, -0.25) is 0 Å². The highest BCUT2D eigenvalue weighted by Gasteiger charge is 2.07. The van der Waals surface area contributed by atoms with Crippen molar-refractivity contribution in [2.75, 3.05) is 0 Å². The van der Waals surface area contributed by atoms with E-state index in [1.807, 2.05) is 24.3 Å². The van der Waals surface area contributed by atoms with Gasteiger partial charge < -0.3 is 19.4 Å². The minimum Gasteiger partial charge on any atom is -0.457 e. The van der Waals surface area contributed by atoms with Crippen molar-refractivity contribution in [1.29, 1.82) is 0 Å². The van der Waals surface area contributed by atoms with Crippen molar-refractivity contribution < 1.29 is 24.0 Å². The molecule has 0 saturated carbocycles. The third kappa shape index (κ3) is 7.38. The van der Waals surface area contributed by atoms with Gasteiger partial charge >= 0.3 is 7.82 Å². The Morgan fingerprint density at radius 2 is 1.59 bits per heavy atom. The Balaban J connectivity index is 0.000000422. The fourth-order valence-corrected chi connectivity index (χ4v) is 1.86. The van der Waals surface area contributed by atoms with Gasteiger partial charge in [0.15, 0.2) is 0 Å². The lowest BCUT2D eigenvalue weighted by Gasteiger charge is -2.13. The number of rotatable bonds is 3. The fourth-order valence-electron chi connectivity index (χ4n) is 1.86. The molecule has 0 bridgehead atoms. The van der Waals surface area contributed by atoms with E-state index < -0.39 is 7.82 Å². The first-order chi connectivity index (χ1) is 10.2. The summed E-state index contributed by atoms with van der Waals surface area (Å²) in [6, 6.07) is 16.3. The van der Waals surface area contributed by atoms with Crippen LogP contribution in [-0.2, 0) is 4.57 Å². The van der Waals surface area contributed by atoms with Gasteiger partial charge in [-0.2, -0.15) is 0 Å². The molecule has 22 heavy (non-hydrogen) atoms. The molecule has 5 nitrogen and oxygen atoms in total. The maximum absolute atomic E-state index is 8.88. The molecule has 2 aromatic carbocycles. The highest BCUT2D eigenvalue weighted by molar-refractivity contribution is 7.45. The summed E-state index contributed by atoms with van der Waals surface area (Å²) in [6.45, 7) is 6.43. The standard InChI is InChI=1S/C16H18O.H3O4P/c1-12(2)15-9-4-5-10-16(15)17-14-8-6-7-13(3)11-14;1-5(2,3)4/h4-12H,1-3H3;(H3,1,2,3,4). The molecule has 0 aliphatic carbocycles. The zero-order chi connectivity index (χ0) is 16.8. The summed E-state index contributed by atoms with van der Waals surface area (Å²) in [4.78, 5) is 21.6. The molecule has 2 rings (SSSR count). The lowest BCUT2D eigenvalue weighted by atomic mass is 10.0. The lowest BCUT2D eigenvalue weighted by molar-refractivity contribution is 0.275. The van der Waals surface area contributed by atoms with Crippen molar-refractivity contribution in [2.45, 2.75) is 26.7 Å². The van der Waals surface area contributed by atoms with E-state index in [0.717, 1.165) is 11.5 Å². The summed E-state index contributed by atoms with van der Waals surface area (Å²) >= 11 is 0. The van der Waals surface area contributed by atoms with Gasteiger partial charge in [-0.15, -0.1) is 0 Å². The van der Waals surface area contributed by atoms with Gasteiger partial charge in [0.1, 0.15) is 11.5 Å². The highest BCUT2D eigenvalue weighted by Crippen LogP contribution is 2.30. The monoisotopic (exact) mass is 324 g/mol. The van der Waals surface area contributed by atoms with Gasteiger partial charge in [-0.25, -0.2) is 4.57 Å².